The minimum Gasteiger partial charge on any atom is -0.449 e. The van der Waals surface area contributed by atoms with Crippen molar-refractivity contribution < 1.29 is 38.2 Å². The summed E-state index contributed by atoms with van der Waals surface area (Å²) >= 11 is 0. The van der Waals surface area contributed by atoms with Crippen molar-refractivity contribution in [3.63, 3.8) is 0 Å². The Morgan fingerprint density at radius 1 is 0.600 bits per heavy atom. The summed E-state index contributed by atoms with van der Waals surface area (Å²) in [7, 11) is 0. The van der Waals surface area contributed by atoms with Gasteiger partial charge in [-0.1, -0.05) is 166 Å². The SMILES string of the molecule is CC(C)C(CC(=O)[C@H](Cc1ccccc1)NC(=O)OCC1c2ccccc2-c2ccccc21)C(=O)N[C@H](C(=O)CC(Cc1ccccc1)C(=O)Oc1c[nH]c2ccccc12)C(C)OCc1ccccc1. The number of hydrogen-bond donors (Lipinski definition) is 3. The number of benzene rings is 6. The molecule has 1 aliphatic rings. The van der Waals surface area contributed by atoms with Crippen molar-refractivity contribution in [2.24, 2.45) is 17.8 Å². The molecule has 0 bridgehead atoms. The molecule has 2 amide bonds. The van der Waals surface area contributed by atoms with Gasteiger partial charge in [-0.15, -0.1) is 0 Å². The van der Waals surface area contributed by atoms with Crippen molar-refractivity contribution in [2.75, 3.05) is 6.61 Å². The largest absolute Gasteiger partial charge is 0.449 e. The van der Waals surface area contributed by atoms with Crippen molar-refractivity contribution in [3.05, 3.63) is 198 Å². The van der Waals surface area contributed by atoms with E-state index in [4.69, 9.17) is 14.2 Å². The van der Waals surface area contributed by atoms with E-state index in [-0.39, 0.29) is 56.5 Å². The highest BCUT2D eigenvalue weighted by atomic mass is 16.5. The van der Waals surface area contributed by atoms with E-state index >= 15 is 0 Å². The van der Waals surface area contributed by atoms with Crippen molar-refractivity contribution in [2.45, 2.75) is 77.2 Å². The van der Waals surface area contributed by atoms with Crippen LogP contribution in [-0.4, -0.2) is 59.3 Å². The van der Waals surface area contributed by atoms with Gasteiger partial charge in [0.25, 0.3) is 0 Å². The molecule has 11 heteroatoms. The molecule has 3 unspecified atom stereocenters. The number of ketones is 2. The molecule has 1 heterocycles. The second-order valence-corrected chi connectivity index (χ2v) is 18.4. The molecule has 0 aliphatic heterocycles. The molecule has 11 nitrogen and oxygen atoms in total. The third-order valence-corrected chi connectivity index (χ3v) is 13.2. The van der Waals surface area contributed by atoms with Gasteiger partial charge in [-0.25, -0.2) is 4.79 Å². The number of hydrogen-bond acceptors (Lipinski definition) is 8. The molecule has 70 heavy (non-hydrogen) atoms. The van der Waals surface area contributed by atoms with E-state index < -0.39 is 53.8 Å². The molecule has 1 aromatic heterocycles. The summed E-state index contributed by atoms with van der Waals surface area (Å²) < 4.78 is 18.2. The topological polar surface area (TPSA) is 153 Å². The minimum atomic E-state index is -1.20. The zero-order valence-corrected chi connectivity index (χ0v) is 39.7. The number of alkyl carbamates (subject to hydrolysis) is 1. The van der Waals surface area contributed by atoms with Crippen molar-refractivity contribution in [1.82, 2.24) is 15.6 Å². The van der Waals surface area contributed by atoms with Gasteiger partial charge in [-0.3, -0.25) is 19.2 Å². The number of Topliss-reactive ketones (excluding diaryl/α,β-unsaturated/α-hetero) is 2. The lowest BCUT2D eigenvalue weighted by Gasteiger charge is -2.29. The molecule has 6 aromatic carbocycles. The molecule has 0 saturated heterocycles. The van der Waals surface area contributed by atoms with Crippen molar-refractivity contribution >= 4 is 40.4 Å². The lowest BCUT2D eigenvalue weighted by molar-refractivity contribution is -0.143. The number of ether oxygens (including phenoxy) is 3. The molecular formula is C59H59N3O8. The molecular weight excluding hydrogens is 879 g/mol. The first kappa shape index (κ1) is 48.8. The highest BCUT2D eigenvalue weighted by molar-refractivity contribution is 5.96. The molecule has 0 fully saturated rings. The number of nitrogens with one attached hydrogen (secondary N) is 3. The summed E-state index contributed by atoms with van der Waals surface area (Å²) in [6, 6.07) is 49.6. The number of carbonyl (C=O) groups is 5. The van der Waals surface area contributed by atoms with E-state index in [0.717, 1.165) is 49.8 Å². The maximum atomic E-state index is 14.8. The lowest BCUT2D eigenvalue weighted by Crippen LogP contribution is -2.52. The van der Waals surface area contributed by atoms with Gasteiger partial charge in [-0.05, 0) is 76.8 Å². The number of H-pyrrole nitrogens is 1. The molecule has 0 spiro atoms. The van der Waals surface area contributed by atoms with Gasteiger partial charge in [0.15, 0.2) is 17.3 Å². The van der Waals surface area contributed by atoms with Gasteiger partial charge in [0.1, 0.15) is 12.6 Å². The Kier molecular flexibility index (Phi) is 16.1. The quantitative estimate of drug-likeness (QED) is 0.0568. The van der Waals surface area contributed by atoms with Crippen LogP contribution in [0.1, 0.15) is 67.3 Å². The number of fused-ring (bicyclic) bond motifs is 4. The van der Waals surface area contributed by atoms with Gasteiger partial charge >= 0.3 is 12.1 Å². The van der Waals surface area contributed by atoms with E-state index in [1.807, 2.05) is 166 Å². The normalized spacial score (nSPS) is 14.1. The number of para-hydroxylation sites is 1. The highest BCUT2D eigenvalue weighted by Crippen LogP contribution is 2.44. The maximum Gasteiger partial charge on any atom is 0.407 e. The molecule has 0 saturated carbocycles. The maximum absolute atomic E-state index is 14.8. The second kappa shape index (κ2) is 23.1. The summed E-state index contributed by atoms with van der Waals surface area (Å²) in [5, 5.41) is 6.55. The predicted molar refractivity (Wildman–Crippen MR) is 270 cm³/mol. The zero-order chi connectivity index (χ0) is 49.0. The fraction of sp³-hybridized carbons (Fsp3) is 0.271. The van der Waals surface area contributed by atoms with E-state index in [2.05, 4.69) is 27.8 Å². The summed E-state index contributed by atoms with van der Waals surface area (Å²) in [6.07, 6.45) is -0.103. The molecule has 8 rings (SSSR count). The Morgan fingerprint density at radius 2 is 1.16 bits per heavy atom. The van der Waals surface area contributed by atoms with Crippen LogP contribution in [0, 0.1) is 17.8 Å². The number of rotatable bonds is 22. The van der Waals surface area contributed by atoms with E-state index in [1.165, 1.54) is 0 Å². The van der Waals surface area contributed by atoms with E-state index in [1.54, 1.807) is 13.1 Å². The molecule has 5 atom stereocenters. The fourth-order valence-corrected chi connectivity index (χ4v) is 9.31. The summed E-state index contributed by atoms with van der Waals surface area (Å²) in [5.41, 5.74) is 7.63. The smallest absolute Gasteiger partial charge is 0.407 e. The number of carbonyl (C=O) groups excluding carboxylic acids is 5. The Balaban J connectivity index is 0.998. The highest BCUT2D eigenvalue weighted by Gasteiger charge is 2.37. The molecule has 358 valence electrons. The standard InChI is InChI=1S/C59H59N3O8/c1-38(2)49(34-53(63)52(32-41-21-9-5-10-22-41)61-59(67)69-37-50-46-27-15-13-25-44(46)45-26-14-16-28-47(45)50)57(65)62-56(39(3)68-36-42-23-11-6-12-24-42)54(64)33-43(31-40-19-7-4-8-20-40)58(66)70-55-35-60-51-30-18-17-29-48(51)55/h4-30,35,38-39,43,49-50,52,56,60H,31-34,36-37H2,1-3H3,(H,61,67)(H,62,65)/t39?,43?,49?,52-,56-/m0/s1. The van der Waals surface area contributed by atoms with Gasteiger partial charge in [-0.2, -0.15) is 0 Å². The Morgan fingerprint density at radius 3 is 1.79 bits per heavy atom. The van der Waals surface area contributed by atoms with Gasteiger partial charge in [0.05, 0.1) is 24.7 Å². The Labute approximate surface area is 409 Å². The Hall–Kier alpha value is -7.63. The van der Waals surface area contributed by atoms with Crippen LogP contribution in [0.4, 0.5) is 4.79 Å². The number of aromatic amines is 1. The monoisotopic (exact) mass is 937 g/mol. The van der Waals surface area contributed by atoms with E-state index in [9.17, 15) is 24.0 Å². The Bertz CT molecular complexity index is 2850. The van der Waals surface area contributed by atoms with Gasteiger partial charge in [0, 0.05) is 41.8 Å². The number of esters is 1. The van der Waals surface area contributed by atoms with Gasteiger partial charge < -0.3 is 29.8 Å². The number of amides is 2. The third-order valence-electron chi connectivity index (χ3n) is 13.2. The molecule has 1 aliphatic carbocycles. The first-order valence-electron chi connectivity index (χ1n) is 24.0. The summed E-state index contributed by atoms with van der Waals surface area (Å²) in [4.78, 5) is 74.9. The van der Waals surface area contributed by atoms with Crippen LogP contribution in [-0.2, 0) is 48.1 Å². The van der Waals surface area contributed by atoms with Crippen LogP contribution in [0.25, 0.3) is 22.0 Å². The third kappa shape index (κ3) is 12.1. The first-order chi connectivity index (χ1) is 34.0. The average molecular weight is 938 g/mol. The summed E-state index contributed by atoms with van der Waals surface area (Å²) in [5.74, 6) is -3.94. The van der Waals surface area contributed by atoms with Crippen LogP contribution >= 0.6 is 0 Å². The van der Waals surface area contributed by atoms with Crippen molar-refractivity contribution in [1.29, 1.82) is 0 Å². The van der Waals surface area contributed by atoms with Crippen LogP contribution in [0.15, 0.2) is 170 Å². The number of aromatic nitrogens is 1. The predicted octanol–water partition coefficient (Wildman–Crippen LogP) is 10.4. The minimum absolute atomic E-state index is 0.0655. The van der Waals surface area contributed by atoms with Gasteiger partial charge in [0.2, 0.25) is 5.91 Å². The van der Waals surface area contributed by atoms with E-state index in [0.29, 0.717) is 5.75 Å². The molecule has 3 N–H and O–H groups in total. The first-order valence-corrected chi connectivity index (χ1v) is 24.0. The second-order valence-electron chi connectivity index (χ2n) is 18.4. The average Bonchev–Trinajstić information content (AvgIpc) is 3.94. The fourth-order valence-electron chi connectivity index (χ4n) is 9.31. The zero-order valence-electron chi connectivity index (χ0n) is 39.7. The van der Waals surface area contributed by atoms with Crippen LogP contribution in [0.5, 0.6) is 5.75 Å². The van der Waals surface area contributed by atoms with Crippen LogP contribution in [0.2, 0.25) is 0 Å². The lowest BCUT2D eigenvalue weighted by atomic mass is 9.86. The molecule has 7 aromatic rings. The summed E-state index contributed by atoms with van der Waals surface area (Å²) in [6.45, 7) is 5.62. The van der Waals surface area contributed by atoms with Crippen LogP contribution in [0.3, 0.4) is 0 Å². The van der Waals surface area contributed by atoms with Crippen LogP contribution < -0.4 is 15.4 Å². The molecule has 0 radical (unpaired) electrons. The van der Waals surface area contributed by atoms with Crippen molar-refractivity contribution in [3.8, 4) is 16.9 Å².